The lowest BCUT2D eigenvalue weighted by Gasteiger charge is -2.14. The normalized spacial score (nSPS) is 11.3. The fourth-order valence-electron chi connectivity index (χ4n) is 3.23. The number of thiol groups is 1. The van der Waals surface area contributed by atoms with Crippen molar-refractivity contribution in [3.8, 4) is 22.7 Å². The third-order valence-electron chi connectivity index (χ3n) is 4.91. The number of nitrogens with one attached hydrogen (secondary N) is 1. The summed E-state index contributed by atoms with van der Waals surface area (Å²) < 4.78 is 12.0. The van der Waals surface area contributed by atoms with Gasteiger partial charge in [-0.15, -0.1) is 0 Å². The van der Waals surface area contributed by atoms with E-state index >= 15 is 0 Å². The number of carbonyl (C=O) groups is 2. The largest absolute Gasteiger partial charge is 0.497 e. The van der Waals surface area contributed by atoms with Gasteiger partial charge in [-0.1, -0.05) is 23.7 Å². The molecule has 0 saturated carbocycles. The standard InChI is InChI=1S/C24H26ClN3O4S.H2O/c1-3-32-24(30)21(15-33)26-23(29)13-8-18-14-22(16-4-6-17(25)7-5-16)28(27-18)19-9-11-20(31-2)12-10-19;/h4-7,9-12,14,21,33H,3,8,13,15H2,1-2H3,(H,26,29);1H2/t21-;/m0./s1. The van der Waals surface area contributed by atoms with Crippen molar-refractivity contribution in [1.82, 2.24) is 15.1 Å². The number of benzene rings is 2. The summed E-state index contributed by atoms with van der Waals surface area (Å²) in [5.74, 6) is 0.150. The molecule has 1 amide bonds. The second kappa shape index (κ2) is 13.0. The smallest absolute Gasteiger partial charge is 0.329 e. The van der Waals surface area contributed by atoms with Gasteiger partial charge in [-0.3, -0.25) is 4.79 Å². The van der Waals surface area contributed by atoms with E-state index < -0.39 is 12.0 Å². The van der Waals surface area contributed by atoms with E-state index in [1.54, 1.807) is 14.0 Å². The number of rotatable bonds is 10. The summed E-state index contributed by atoms with van der Waals surface area (Å²) >= 11 is 10.2. The van der Waals surface area contributed by atoms with E-state index in [0.29, 0.717) is 11.4 Å². The number of aryl methyl sites for hydroxylation is 1. The Balaban J connectivity index is 0.00000408. The number of hydrogen-bond donors (Lipinski definition) is 2. The summed E-state index contributed by atoms with van der Waals surface area (Å²) in [6.45, 7) is 1.96. The zero-order valence-electron chi connectivity index (χ0n) is 19.0. The Morgan fingerprint density at radius 2 is 1.82 bits per heavy atom. The summed E-state index contributed by atoms with van der Waals surface area (Å²) in [7, 11) is 1.62. The SMILES string of the molecule is CCOC(=O)[C@H](CS)NC(=O)CCc1cc(-c2ccc(Cl)cc2)n(-c2ccc(OC)cc2)n1.O. The summed E-state index contributed by atoms with van der Waals surface area (Å²) in [6, 6.07) is 16.2. The fourth-order valence-corrected chi connectivity index (χ4v) is 3.60. The highest BCUT2D eigenvalue weighted by molar-refractivity contribution is 7.80. The molecule has 0 aliphatic carbocycles. The molecular formula is C24H28ClN3O5S. The van der Waals surface area contributed by atoms with Gasteiger partial charge in [0.25, 0.3) is 0 Å². The molecule has 10 heteroatoms. The maximum Gasteiger partial charge on any atom is 0.329 e. The van der Waals surface area contributed by atoms with Crippen LogP contribution in [0.5, 0.6) is 5.75 Å². The lowest BCUT2D eigenvalue weighted by Crippen LogP contribution is -2.43. The molecule has 0 fully saturated rings. The zero-order valence-corrected chi connectivity index (χ0v) is 20.6. The number of methoxy groups -OCH3 is 1. The second-order valence-electron chi connectivity index (χ2n) is 7.19. The van der Waals surface area contributed by atoms with Gasteiger partial charge in [0.2, 0.25) is 5.91 Å². The Morgan fingerprint density at radius 1 is 1.15 bits per heavy atom. The molecule has 0 aliphatic heterocycles. The summed E-state index contributed by atoms with van der Waals surface area (Å²) in [5, 5.41) is 8.04. The van der Waals surface area contributed by atoms with Crippen LogP contribution in [0.3, 0.4) is 0 Å². The maximum absolute atomic E-state index is 12.4. The zero-order chi connectivity index (χ0) is 23.8. The molecule has 0 bridgehead atoms. The quantitative estimate of drug-likeness (QED) is 0.324. The molecule has 1 atom stereocenters. The third kappa shape index (κ3) is 6.99. The van der Waals surface area contributed by atoms with Crippen LogP contribution in [-0.2, 0) is 20.7 Å². The van der Waals surface area contributed by atoms with E-state index in [0.717, 1.165) is 28.4 Å². The number of aromatic nitrogens is 2. The lowest BCUT2D eigenvalue weighted by atomic mass is 10.1. The van der Waals surface area contributed by atoms with Crippen LogP contribution in [0.25, 0.3) is 16.9 Å². The van der Waals surface area contributed by atoms with Gasteiger partial charge in [-0.05, 0) is 49.4 Å². The number of hydrogen-bond acceptors (Lipinski definition) is 6. The fraction of sp³-hybridized carbons (Fsp3) is 0.292. The summed E-state index contributed by atoms with van der Waals surface area (Å²) in [5.41, 5.74) is 3.40. The van der Waals surface area contributed by atoms with Gasteiger partial charge in [0.1, 0.15) is 11.8 Å². The minimum absolute atomic E-state index is 0. The van der Waals surface area contributed by atoms with Gasteiger partial charge >= 0.3 is 5.97 Å². The monoisotopic (exact) mass is 505 g/mol. The molecule has 182 valence electrons. The van der Waals surface area contributed by atoms with E-state index in [2.05, 4.69) is 17.9 Å². The predicted molar refractivity (Wildman–Crippen MR) is 135 cm³/mol. The molecule has 0 radical (unpaired) electrons. The molecule has 0 saturated heterocycles. The van der Waals surface area contributed by atoms with Crippen molar-refractivity contribution in [2.75, 3.05) is 19.5 Å². The first kappa shape index (κ1) is 27.2. The summed E-state index contributed by atoms with van der Waals surface area (Å²) in [6.07, 6.45) is 0.570. The van der Waals surface area contributed by atoms with Crippen molar-refractivity contribution < 1.29 is 24.5 Å². The maximum atomic E-state index is 12.4. The topological polar surface area (TPSA) is 114 Å². The van der Waals surface area contributed by atoms with Crippen molar-refractivity contribution in [2.24, 2.45) is 0 Å². The molecule has 1 aromatic heterocycles. The van der Waals surface area contributed by atoms with Gasteiger partial charge in [-0.25, -0.2) is 9.48 Å². The number of carbonyl (C=O) groups excluding carboxylic acids is 2. The van der Waals surface area contributed by atoms with Crippen LogP contribution >= 0.6 is 24.2 Å². The van der Waals surface area contributed by atoms with Gasteiger partial charge < -0.3 is 20.3 Å². The average molecular weight is 506 g/mol. The van der Waals surface area contributed by atoms with Crippen molar-refractivity contribution >= 4 is 36.1 Å². The van der Waals surface area contributed by atoms with Crippen LogP contribution in [0.4, 0.5) is 0 Å². The first-order valence-electron chi connectivity index (χ1n) is 10.5. The molecule has 0 unspecified atom stereocenters. The van der Waals surface area contributed by atoms with E-state index in [4.69, 9.17) is 26.2 Å². The average Bonchev–Trinajstić information content (AvgIpc) is 3.26. The van der Waals surface area contributed by atoms with Crippen LogP contribution in [0.15, 0.2) is 54.6 Å². The highest BCUT2D eigenvalue weighted by Gasteiger charge is 2.21. The van der Waals surface area contributed by atoms with E-state index in [1.165, 1.54) is 0 Å². The van der Waals surface area contributed by atoms with Gasteiger partial charge in [0.15, 0.2) is 0 Å². The van der Waals surface area contributed by atoms with Gasteiger partial charge in [0.05, 0.1) is 30.8 Å². The molecule has 2 aromatic carbocycles. The van der Waals surface area contributed by atoms with Crippen LogP contribution in [-0.4, -0.2) is 52.6 Å². The number of amides is 1. The lowest BCUT2D eigenvalue weighted by molar-refractivity contribution is -0.146. The number of esters is 1. The molecule has 3 aromatic rings. The molecule has 0 aliphatic rings. The molecule has 1 heterocycles. The minimum atomic E-state index is -0.776. The highest BCUT2D eigenvalue weighted by Crippen LogP contribution is 2.27. The van der Waals surface area contributed by atoms with Crippen LogP contribution in [0, 0.1) is 0 Å². The highest BCUT2D eigenvalue weighted by atomic mass is 35.5. The van der Waals surface area contributed by atoms with Crippen LogP contribution in [0.2, 0.25) is 5.02 Å². The molecule has 3 rings (SSSR count). The van der Waals surface area contributed by atoms with Gasteiger partial charge in [0, 0.05) is 29.2 Å². The van der Waals surface area contributed by atoms with Crippen LogP contribution < -0.4 is 10.1 Å². The van der Waals surface area contributed by atoms with Gasteiger partial charge in [-0.2, -0.15) is 17.7 Å². The van der Waals surface area contributed by atoms with E-state index in [9.17, 15) is 9.59 Å². The molecule has 34 heavy (non-hydrogen) atoms. The van der Waals surface area contributed by atoms with Crippen LogP contribution in [0.1, 0.15) is 19.0 Å². The predicted octanol–water partition coefficient (Wildman–Crippen LogP) is 3.29. The molecule has 3 N–H and O–H groups in total. The van der Waals surface area contributed by atoms with Crippen molar-refractivity contribution in [1.29, 1.82) is 0 Å². The second-order valence-corrected chi connectivity index (χ2v) is 7.99. The van der Waals surface area contributed by atoms with Crippen molar-refractivity contribution in [3.05, 3.63) is 65.3 Å². The first-order valence-corrected chi connectivity index (χ1v) is 11.5. The van der Waals surface area contributed by atoms with E-state index in [-0.39, 0.29) is 30.2 Å². The third-order valence-corrected chi connectivity index (χ3v) is 5.53. The molecule has 0 spiro atoms. The number of halogens is 1. The Labute approximate surface area is 208 Å². The Bertz CT molecular complexity index is 1090. The Morgan fingerprint density at radius 3 is 2.41 bits per heavy atom. The Hall–Kier alpha value is -3.01. The molecule has 8 nitrogen and oxygen atoms in total. The minimum Gasteiger partial charge on any atom is -0.497 e. The van der Waals surface area contributed by atoms with Crippen molar-refractivity contribution in [2.45, 2.75) is 25.8 Å². The molecular weight excluding hydrogens is 478 g/mol. The number of ether oxygens (including phenoxy) is 2. The summed E-state index contributed by atoms with van der Waals surface area (Å²) in [4.78, 5) is 24.3. The first-order chi connectivity index (χ1) is 15.9. The number of nitrogens with zero attached hydrogens (tertiary/aromatic N) is 2. The van der Waals surface area contributed by atoms with E-state index in [1.807, 2.05) is 59.3 Å². The Kier molecular flexibility index (Phi) is 10.4. The van der Waals surface area contributed by atoms with Crippen molar-refractivity contribution in [3.63, 3.8) is 0 Å².